The molecule has 2 aromatic rings. The van der Waals surface area contributed by atoms with E-state index >= 15 is 0 Å². The third kappa shape index (κ3) is 3.02. The van der Waals surface area contributed by atoms with Crippen LogP contribution in [-0.2, 0) is 17.7 Å². The van der Waals surface area contributed by atoms with Crippen LogP contribution in [0.4, 0.5) is 5.69 Å². The summed E-state index contributed by atoms with van der Waals surface area (Å²) in [5, 5.41) is 4.38. The smallest absolute Gasteiger partial charge is 0.341 e. The highest BCUT2D eigenvalue weighted by Crippen LogP contribution is 2.31. The molecular formula is C20H27N3O3. The van der Waals surface area contributed by atoms with Gasteiger partial charge in [0.05, 0.1) is 18.2 Å². The van der Waals surface area contributed by atoms with E-state index in [-0.39, 0.29) is 5.63 Å². The zero-order chi connectivity index (χ0) is 18.3. The van der Waals surface area contributed by atoms with E-state index in [1.165, 1.54) is 5.56 Å². The molecule has 3 heterocycles. The zero-order valence-electron chi connectivity index (χ0n) is 15.8. The second-order valence-electron chi connectivity index (χ2n) is 7.44. The predicted molar refractivity (Wildman–Crippen MR) is 103 cm³/mol. The standard InChI is InChI=1S/C20H27N3O3/c1-13-8-14(23-7-6-22(2)15(11-23)12-25-3)9-18-19(13)16-4-5-21-10-17(16)20(24)26-18/h8-9,15,21H,4-7,10-12H2,1-3H3/t15-/m1/s1. The van der Waals surface area contributed by atoms with Crippen molar-refractivity contribution < 1.29 is 9.15 Å². The first-order valence-electron chi connectivity index (χ1n) is 9.32. The first-order valence-corrected chi connectivity index (χ1v) is 9.32. The van der Waals surface area contributed by atoms with Gasteiger partial charge < -0.3 is 19.4 Å². The molecule has 0 radical (unpaired) electrons. The van der Waals surface area contributed by atoms with Gasteiger partial charge in [0.1, 0.15) is 5.58 Å². The second kappa shape index (κ2) is 7.02. The topological polar surface area (TPSA) is 58.0 Å². The molecule has 1 N–H and O–H groups in total. The minimum Gasteiger partial charge on any atom is -0.422 e. The lowest BCUT2D eigenvalue weighted by Gasteiger charge is -2.40. The normalized spacial score (nSPS) is 21.2. The molecule has 0 amide bonds. The van der Waals surface area contributed by atoms with E-state index in [1.807, 2.05) is 6.07 Å². The molecule has 1 atom stereocenters. The first kappa shape index (κ1) is 17.5. The molecule has 0 spiro atoms. The van der Waals surface area contributed by atoms with Crippen molar-refractivity contribution in [3.05, 3.63) is 39.2 Å². The van der Waals surface area contributed by atoms with Crippen molar-refractivity contribution in [1.82, 2.24) is 10.2 Å². The molecule has 1 fully saturated rings. The average molecular weight is 357 g/mol. The minimum absolute atomic E-state index is 0.202. The highest BCUT2D eigenvalue weighted by atomic mass is 16.5. The summed E-state index contributed by atoms with van der Waals surface area (Å²) in [5.74, 6) is 0. The fraction of sp³-hybridized carbons (Fsp3) is 0.550. The molecule has 6 heteroatoms. The Bertz CT molecular complexity index is 877. The van der Waals surface area contributed by atoms with Crippen LogP contribution in [0.2, 0.25) is 0 Å². The van der Waals surface area contributed by atoms with Gasteiger partial charge in [-0.05, 0) is 44.1 Å². The van der Waals surface area contributed by atoms with Crippen molar-refractivity contribution in [1.29, 1.82) is 0 Å². The molecule has 6 nitrogen and oxygen atoms in total. The number of likely N-dealkylation sites (N-methyl/N-ethyl adjacent to an activating group) is 1. The van der Waals surface area contributed by atoms with Crippen LogP contribution in [0.15, 0.2) is 21.3 Å². The number of fused-ring (bicyclic) bond motifs is 3. The SMILES string of the molecule is COC[C@H]1CN(c2cc(C)c3c4c(c(=O)oc3c2)CNCC4)CCN1C. The second-order valence-corrected chi connectivity index (χ2v) is 7.44. The van der Waals surface area contributed by atoms with E-state index in [1.54, 1.807) is 7.11 Å². The largest absolute Gasteiger partial charge is 0.422 e. The first-order chi connectivity index (χ1) is 12.6. The number of piperazine rings is 1. The molecule has 0 aliphatic carbocycles. The summed E-state index contributed by atoms with van der Waals surface area (Å²) in [6.45, 7) is 7.21. The van der Waals surface area contributed by atoms with Crippen LogP contribution >= 0.6 is 0 Å². The summed E-state index contributed by atoms with van der Waals surface area (Å²) in [5.41, 5.74) is 4.77. The van der Waals surface area contributed by atoms with Gasteiger partial charge in [0.15, 0.2) is 0 Å². The fourth-order valence-electron chi connectivity index (χ4n) is 4.26. The minimum atomic E-state index is -0.202. The Morgan fingerprint density at radius 3 is 2.96 bits per heavy atom. The Labute approximate surface area is 153 Å². The summed E-state index contributed by atoms with van der Waals surface area (Å²) in [6.07, 6.45) is 0.877. The molecule has 26 heavy (non-hydrogen) atoms. The van der Waals surface area contributed by atoms with E-state index in [9.17, 15) is 4.79 Å². The Kier molecular flexibility index (Phi) is 4.73. The predicted octanol–water partition coefficient (Wildman–Crippen LogP) is 1.51. The monoisotopic (exact) mass is 357 g/mol. The van der Waals surface area contributed by atoms with Crippen molar-refractivity contribution in [3.63, 3.8) is 0 Å². The van der Waals surface area contributed by atoms with Gasteiger partial charge in [-0.1, -0.05) is 0 Å². The highest BCUT2D eigenvalue weighted by Gasteiger charge is 2.26. The molecule has 0 saturated carbocycles. The lowest BCUT2D eigenvalue weighted by Crippen LogP contribution is -2.53. The van der Waals surface area contributed by atoms with Crippen LogP contribution in [0.3, 0.4) is 0 Å². The Hall–Kier alpha value is -1.89. The maximum absolute atomic E-state index is 12.4. The number of anilines is 1. The summed E-state index contributed by atoms with van der Waals surface area (Å²) in [6, 6.07) is 4.65. The van der Waals surface area contributed by atoms with Crippen molar-refractivity contribution in [3.8, 4) is 0 Å². The Morgan fingerprint density at radius 1 is 1.31 bits per heavy atom. The lowest BCUT2D eigenvalue weighted by atomic mass is 9.95. The van der Waals surface area contributed by atoms with E-state index in [4.69, 9.17) is 9.15 Å². The number of nitrogens with one attached hydrogen (secondary N) is 1. The Morgan fingerprint density at radius 2 is 2.15 bits per heavy atom. The van der Waals surface area contributed by atoms with Crippen LogP contribution in [-0.4, -0.2) is 57.9 Å². The van der Waals surface area contributed by atoms with Gasteiger partial charge in [-0.15, -0.1) is 0 Å². The van der Waals surface area contributed by atoms with Crippen LogP contribution in [0.1, 0.15) is 16.7 Å². The highest BCUT2D eigenvalue weighted by molar-refractivity contribution is 5.88. The number of hydrogen-bond donors (Lipinski definition) is 1. The molecule has 1 saturated heterocycles. The van der Waals surface area contributed by atoms with Gasteiger partial charge in [-0.25, -0.2) is 4.79 Å². The van der Waals surface area contributed by atoms with Crippen molar-refractivity contribution >= 4 is 16.7 Å². The summed E-state index contributed by atoms with van der Waals surface area (Å²) in [4.78, 5) is 17.1. The number of rotatable bonds is 3. The molecule has 0 bridgehead atoms. The quantitative estimate of drug-likeness (QED) is 0.841. The number of ether oxygens (including phenoxy) is 1. The zero-order valence-corrected chi connectivity index (χ0v) is 15.8. The van der Waals surface area contributed by atoms with E-state index < -0.39 is 0 Å². The number of benzene rings is 1. The average Bonchev–Trinajstić information content (AvgIpc) is 2.63. The number of methoxy groups -OCH3 is 1. The molecule has 1 aromatic heterocycles. The van der Waals surface area contributed by atoms with E-state index in [0.717, 1.165) is 61.4 Å². The summed E-state index contributed by atoms with van der Waals surface area (Å²) in [7, 11) is 3.89. The summed E-state index contributed by atoms with van der Waals surface area (Å²) >= 11 is 0. The summed E-state index contributed by atoms with van der Waals surface area (Å²) < 4.78 is 11.1. The maximum atomic E-state index is 12.4. The van der Waals surface area contributed by atoms with Crippen LogP contribution < -0.4 is 15.8 Å². The molecule has 4 rings (SSSR count). The van der Waals surface area contributed by atoms with Crippen LogP contribution in [0.5, 0.6) is 0 Å². The van der Waals surface area contributed by atoms with Gasteiger partial charge in [-0.2, -0.15) is 0 Å². The lowest BCUT2D eigenvalue weighted by molar-refractivity contribution is 0.0987. The maximum Gasteiger partial charge on any atom is 0.341 e. The van der Waals surface area contributed by atoms with Crippen LogP contribution in [0, 0.1) is 6.92 Å². The molecule has 0 unspecified atom stereocenters. The number of aryl methyl sites for hydroxylation is 1. The number of nitrogens with zero attached hydrogens (tertiary/aromatic N) is 2. The molecule has 2 aliphatic heterocycles. The van der Waals surface area contributed by atoms with Crippen LogP contribution in [0.25, 0.3) is 11.0 Å². The fourth-order valence-corrected chi connectivity index (χ4v) is 4.26. The Balaban J connectivity index is 1.75. The van der Waals surface area contributed by atoms with Gasteiger partial charge in [0.2, 0.25) is 0 Å². The van der Waals surface area contributed by atoms with Crippen molar-refractivity contribution in [2.45, 2.75) is 25.9 Å². The van der Waals surface area contributed by atoms with Gasteiger partial charge in [0.25, 0.3) is 0 Å². The third-order valence-corrected chi connectivity index (χ3v) is 5.75. The third-order valence-electron chi connectivity index (χ3n) is 5.75. The van der Waals surface area contributed by atoms with Gasteiger partial charge in [0, 0.05) is 50.4 Å². The number of hydrogen-bond acceptors (Lipinski definition) is 6. The van der Waals surface area contributed by atoms with E-state index in [0.29, 0.717) is 18.2 Å². The van der Waals surface area contributed by atoms with Crippen molar-refractivity contribution in [2.24, 2.45) is 0 Å². The molecule has 2 aliphatic rings. The molecule has 140 valence electrons. The van der Waals surface area contributed by atoms with Gasteiger partial charge >= 0.3 is 5.63 Å². The van der Waals surface area contributed by atoms with E-state index in [2.05, 4.69) is 35.2 Å². The van der Waals surface area contributed by atoms with Gasteiger partial charge in [-0.3, -0.25) is 4.90 Å². The molecule has 1 aromatic carbocycles. The molecular weight excluding hydrogens is 330 g/mol. The van der Waals surface area contributed by atoms with Crippen molar-refractivity contribution in [2.75, 3.05) is 51.8 Å².